The summed E-state index contributed by atoms with van der Waals surface area (Å²) >= 11 is 0. The number of carbonyl (C=O) groups excluding carboxylic acids is 3. The highest BCUT2D eigenvalue weighted by atomic mass is 19.4. The normalized spacial score (nSPS) is 11.9. The van der Waals surface area contributed by atoms with Crippen LogP contribution < -0.4 is 15.4 Å². The summed E-state index contributed by atoms with van der Waals surface area (Å²) in [6.45, 7) is 0.800. The van der Waals surface area contributed by atoms with Crippen LogP contribution in [0.2, 0.25) is 0 Å². The highest BCUT2D eigenvalue weighted by Gasteiger charge is 2.30. The van der Waals surface area contributed by atoms with Gasteiger partial charge in [0.25, 0.3) is 11.8 Å². The maximum atomic E-state index is 12.6. The lowest BCUT2D eigenvalue weighted by atomic mass is 10.2. The number of esters is 1. The molecular formula is C20H19F3N2O5. The van der Waals surface area contributed by atoms with E-state index in [0.29, 0.717) is 5.75 Å². The first kappa shape index (κ1) is 22.7. The van der Waals surface area contributed by atoms with Crippen LogP contribution in [0.4, 0.5) is 18.9 Å². The lowest BCUT2D eigenvalue weighted by molar-refractivity contribution is -0.152. The smallest absolute Gasteiger partial charge is 0.416 e. The summed E-state index contributed by atoms with van der Waals surface area (Å²) in [7, 11) is 1.40. The third kappa shape index (κ3) is 6.23. The molecule has 0 bridgehead atoms. The summed E-state index contributed by atoms with van der Waals surface area (Å²) in [5.41, 5.74) is -0.521. The largest absolute Gasteiger partial charge is 0.496 e. The number of anilines is 1. The Hall–Kier alpha value is -3.56. The molecular weight excluding hydrogens is 405 g/mol. The molecule has 0 saturated heterocycles. The van der Waals surface area contributed by atoms with E-state index in [1.165, 1.54) is 20.1 Å². The highest BCUT2D eigenvalue weighted by Crippen LogP contribution is 2.29. The maximum Gasteiger partial charge on any atom is 0.416 e. The van der Waals surface area contributed by atoms with Crippen molar-refractivity contribution in [2.24, 2.45) is 0 Å². The molecule has 2 aromatic carbocycles. The molecule has 0 radical (unpaired) electrons. The van der Waals surface area contributed by atoms with Crippen LogP contribution in [-0.4, -0.2) is 37.5 Å². The quantitative estimate of drug-likeness (QED) is 0.667. The van der Waals surface area contributed by atoms with Crippen molar-refractivity contribution in [2.45, 2.75) is 19.2 Å². The Morgan fingerprint density at radius 2 is 1.67 bits per heavy atom. The molecule has 7 nitrogen and oxygen atoms in total. The molecule has 2 amide bonds. The molecule has 1 atom stereocenters. The first-order valence-electron chi connectivity index (χ1n) is 8.70. The van der Waals surface area contributed by atoms with Crippen molar-refractivity contribution in [1.29, 1.82) is 0 Å². The van der Waals surface area contributed by atoms with Gasteiger partial charge in [-0.2, -0.15) is 13.2 Å². The van der Waals surface area contributed by atoms with Crippen molar-refractivity contribution in [3.05, 3.63) is 59.7 Å². The van der Waals surface area contributed by atoms with Crippen molar-refractivity contribution in [3.8, 4) is 5.75 Å². The minimum atomic E-state index is -4.49. The second-order valence-electron chi connectivity index (χ2n) is 6.08. The lowest BCUT2D eigenvalue weighted by Gasteiger charge is -2.14. The van der Waals surface area contributed by atoms with Crippen molar-refractivity contribution in [1.82, 2.24) is 5.32 Å². The fraction of sp³-hybridized carbons (Fsp3) is 0.250. The van der Waals surface area contributed by atoms with Gasteiger partial charge in [-0.15, -0.1) is 0 Å². The van der Waals surface area contributed by atoms with Gasteiger partial charge in [0.05, 0.1) is 18.2 Å². The zero-order valence-corrected chi connectivity index (χ0v) is 16.1. The van der Waals surface area contributed by atoms with E-state index in [0.717, 1.165) is 24.3 Å². The SMILES string of the molecule is COc1ccccc1C(=O)NCC(=O)OC(C)C(=O)Nc1ccc(C(F)(F)F)cc1. The number of alkyl halides is 3. The number of methoxy groups -OCH3 is 1. The van der Waals surface area contributed by atoms with E-state index in [-0.39, 0.29) is 11.3 Å². The number of halogens is 3. The number of carbonyl (C=O) groups is 3. The van der Waals surface area contributed by atoms with Crippen molar-refractivity contribution >= 4 is 23.5 Å². The summed E-state index contributed by atoms with van der Waals surface area (Å²) in [5, 5.41) is 4.70. The lowest BCUT2D eigenvalue weighted by Crippen LogP contribution is -2.36. The molecule has 0 spiro atoms. The third-order valence-corrected chi connectivity index (χ3v) is 3.90. The molecule has 10 heteroatoms. The first-order valence-corrected chi connectivity index (χ1v) is 8.70. The molecule has 0 aromatic heterocycles. The average molecular weight is 424 g/mol. The Kier molecular flexibility index (Phi) is 7.40. The summed E-state index contributed by atoms with van der Waals surface area (Å²) in [6.07, 6.45) is -5.72. The van der Waals surface area contributed by atoms with Gasteiger partial charge in [-0.05, 0) is 43.3 Å². The molecule has 0 aliphatic heterocycles. The van der Waals surface area contributed by atoms with Crippen molar-refractivity contribution < 1.29 is 37.0 Å². The van der Waals surface area contributed by atoms with Crippen LogP contribution in [0.25, 0.3) is 0 Å². The van der Waals surface area contributed by atoms with Gasteiger partial charge in [0.1, 0.15) is 12.3 Å². The highest BCUT2D eigenvalue weighted by molar-refractivity contribution is 5.99. The molecule has 0 saturated carbocycles. The second kappa shape index (κ2) is 9.77. The van der Waals surface area contributed by atoms with E-state index < -0.39 is 42.2 Å². The summed E-state index contributed by atoms with van der Waals surface area (Å²) in [4.78, 5) is 36.1. The molecule has 1 unspecified atom stereocenters. The average Bonchev–Trinajstić information content (AvgIpc) is 2.71. The standard InChI is InChI=1S/C20H19F3N2O5/c1-12(18(27)25-14-9-7-13(8-10-14)20(21,22)23)30-17(26)11-24-19(28)15-5-3-4-6-16(15)29-2/h3-10,12H,11H2,1-2H3,(H,24,28)(H,25,27). The predicted molar refractivity (Wildman–Crippen MR) is 101 cm³/mol. The number of amides is 2. The molecule has 0 aliphatic carbocycles. The van der Waals surface area contributed by atoms with Gasteiger partial charge in [0.15, 0.2) is 6.10 Å². The van der Waals surface area contributed by atoms with Crippen LogP contribution in [0.15, 0.2) is 48.5 Å². The summed E-state index contributed by atoms with van der Waals surface area (Å²) in [5.74, 6) is -1.84. The zero-order valence-electron chi connectivity index (χ0n) is 16.1. The predicted octanol–water partition coefficient (Wildman–Crippen LogP) is 3.01. The van der Waals surface area contributed by atoms with E-state index >= 15 is 0 Å². The van der Waals surface area contributed by atoms with E-state index in [9.17, 15) is 27.6 Å². The van der Waals surface area contributed by atoms with Gasteiger partial charge < -0.3 is 20.1 Å². The van der Waals surface area contributed by atoms with Gasteiger partial charge in [0.2, 0.25) is 0 Å². The number of hydrogen-bond donors (Lipinski definition) is 2. The Morgan fingerprint density at radius 3 is 2.27 bits per heavy atom. The van der Waals surface area contributed by atoms with Crippen LogP contribution in [0, 0.1) is 0 Å². The number of hydrogen-bond acceptors (Lipinski definition) is 5. The van der Waals surface area contributed by atoms with E-state index in [4.69, 9.17) is 9.47 Å². The zero-order chi connectivity index (χ0) is 22.3. The van der Waals surface area contributed by atoms with Gasteiger partial charge in [-0.1, -0.05) is 12.1 Å². The number of benzene rings is 2. The Morgan fingerprint density at radius 1 is 1.03 bits per heavy atom. The van der Waals surface area contributed by atoms with Crippen molar-refractivity contribution in [2.75, 3.05) is 19.0 Å². The number of para-hydroxylation sites is 1. The molecule has 2 rings (SSSR count). The maximum absolute atomic E-state index is 12.6. The molecule has 0 aliphatic rings. The molecule has 0 fully saturated rings. The van der Waals surface area contributed by atoms with Gasteiger partial charge in [-0.25, -0.2) is 0 Å². The van der Waals surface area contributed by atoms with E-state index in [1.807, 2.05) is 0 Å². The van der Waals surface area contributed by atoms with E-state index in [2.05, 4.69) is 10.6 Å². The van der Waals surface area contributed by atoms with Crippen LogP contribution in [0.3, 0.4) is 0 Å². The fourth-order valence-corrected chi connectivity index (χ4v) is 2.36. The Bertz CT molecular complexity index is 913. The van der Waals surface area contributed by atoms with Crippen LogP contribution in [0.1, 0.15) is 22.8 Å². The number of nitrogens with one attached hydrogen (secondary N) is 2. The molecule has 30 heavy (non-hydrogen) atoms. The van der Waals surface area contributed by atoms with Crippen LogP contribution in [-0.2, 0) is 20.5 Å². The third-order valence-electron chi connectivity index (χ3n) is 3.90. The molecule has 2 N–H and O–H groups in total. The topological polar surface area (TPSA) is 93.7 Å². The monoisotopic (exact) mass is 424 g/mol. The number of rotatable bonds is 7. The Labute approximate surface area is 170 Å². The van der Waals surface area contributed by atoms with E-state index in [1.54, 1.807) is 18.2 Å². The summed E-state index contributed by atoms with van der Waals surface area (Å²) in [6, 6.07) is 10.2. The minimum Gasteiger partial charge on any atom is -0.496 e. The minimum absolute atomic E-state index is 0.111. The van der Waals surface area contributed by atoms with Crippen LogP contribution in [0.5, 0.6) is 5.75 Å². The van der Waals surface area contributed by atoms with Gasteiger partial charge in [-0.3, -0.25) is 14.4 Å². The van der Waals surface area contributed by atoms with Crippen molar-refractivity contribution in [3.63, 3.8) is 0 Å². The summed E-state index contributed by atoms with van der Waals surface area (Å²) < 4.78 is 47.6. The Balaban J connectivity index is 1.84. The van der Waals surface area contributed by atoms with Gasteiger partial charge >= 0.3 is 12.1 Å². The molecule has 2 aromatic rings. The second-order valence-corrected chi connectivity index (χ2v) is 6.08. The fourth-order valence-electron chi connectivity index (χ4n) is 2.36. The molecule has 160 valence electrons. The van der Waals surface area contributed by atoms with Crippen LogP contribution >= 0.6 is 0 Å². The van der Waals surface area contributed by atoms with Gasteiger partial charge in [0, 0.05) is 5.69 Å². The number of ether oxygens (including phenoxy) is 2. The first-order chi connectivity index (χ1) is 14.1. The molecule has 0 heterocycles.